The maximum absolute atomic E-state index is 14.3. The summed E-state index contributed by atoms with van der Waals surface area (Å²) in [6.07, 6.45) is 5.54. The Morgan fingerprint density at radius 3 is 2.69 bits per heavy atom. The van der Waals surface area contributed by atoms with Gasteiger partial charge in [0.05, 0.1) is 6.54 Å². The van der Waals surface area contributed by atoms with Gasteiger partial charge < -0.3 is 15.6 Å². The summed E-state index contributed by atoms with van der Waals surface area (Å²) in [5, 5.41) is 11.4. The van der Waals surface area contributed by atoms with E-state index < -0.39 is 5.67 Å². The van der Waals surface area contributed by atoms with E-state index in [0.29, 0.717) is 38.9 Å². The zero-order chi connectivity index (χ0) is 22.7. The number of hydrogen-bond donors (Lipinski definition) is 2. The van der Waals surface area contributed by atoms with E-state index in [-0.39, 0.29) is 5.91 Å². The number of rotatable bonds is 10. The van der Waals surface area contributed by atoms with Crippen LogP contribution in [0.15, 0.2) is 36.4 Å². The van der Waals surface area contributed by atoms with Gasteiger partial charge >= 0.3 is 0 Å². The number of hydrogen-bond acceptors (Lipinski definition) is 3. The van der Waals surface area contributed by atoms with E-state index in [0.717, 1.165) is 59.3 Å². The second-order valence-corrected chi connectivity index (χ2v) is 9.33. The average Bonchev–Trinajstić information content (AvgIpc) is 3.09. The van der Waals surface area contributed by atoms with Gasteiger partial charge in [0, 0.05) is 36.5 Å². The molecule has 32 heavy (non-hydrogen) atoms. The van der Waals surface area contributed by atoms with Gasteiger partial charge in [-0.1, -0.05) is 38.5 Å². The number of aryl methyl sites for hydroxylation is 1. The molecule has 0 bridgehead atoms. The normalized spacial score (nSPS) is 16.7. The van der Waals surface area contributed by atoms with Crippen LogP contribution in [0.3, 0.4) is 0 Å². The first-order valence-electron chi connectivity index (χ1n) is 11.9. The highest BCUT2D eigenvalue weighted by molar-refractivity contribution is 6.10. The van der Waals surface area contributed by atoms with E-state index in [1.54, 1.807) is 0 Å². The second-order valence-electron chi connectivity index (χ2n) is 9.33. The quantitative estimate of drug-likeness (QED) is 0.467. The number of nitrogens with zero attached hydrogens (tertiary/aromatic N) is 1. The van der Waals surface area contributed by atoms with Crippen molar-refractivity contribution in [2.45, 2.75) is 77.6 Å². The van der Waals surface area contributed by atoms with E-state index in [1.807, 2.05) is 35.2 Å². The highest BCUT2D eigenvalue weighted by Gasteiger charge is 2.36. The lowest BCUT2D eigenvalue weighted by Crippen LogP contribution is -2.42. The first-order chi connectivity index (χ1) is 15.4. The first-order valence-corrected chi connectivity index (χ1v) is 11.9. The predicted molar refractivity (Wildman–Crippen MR) is 129 cm³/mol. The molecule has 0 unspecified atom stereocenters. The molecule has 0 saturated heterocycles. The Morgan fingerprint density at radius 2 is 2.00 bits per heavy atom. The molecule has 5 heteroatoms. The van der Waals surface area contributed by atoms with Crippen LogP contribution in [0, 0.1) is 5.41 Å². The van der Waals surface area contributed by atoms with Crippen LogP contribution in [-0.4, -0.2) is 23.8 Å². The molecule has 1 amide bonds. The highest BCUT2D eigenvalue weighted by Crippen LogP contribution is 2.35. The molecule has 2 aromatic carbocycles. The summed E-state index contributed by atoms with van der Waals surface area (Å²) in [6.45, 7) is 5.74. The summed E-state index contributed by atoms with van der Waals surface area (Å²) < 4.78 is 14.3. The number of amides is 1. The van der Waals surface area contributed by atoms with Crippen molar-refractivity contribution in [3.8, 4) is 0 Å². The summed E-state index contributed by atoms with van der Waals surface area (Å²) in [4.78, 5) is 15.2. The van der Waals surface area contributed by atoms with Crippen molar-refractivity contribution >= 4 is 17.3 Å². The molecule has 1 aliphatic carbocycles. The number of anilines is 1. The van der Waals surface area contributed by atoms with Crippen molar-refractivity contribution < 1.29 is 9.18 Å². The fourth-order valence-corrected chi connectivity index (χ4v) is 4.82. The lowest BCUT2D eigenvalue weighted by molar-refractivity contribution is 0.0630. The van der Waals surface area contributed by atoms with Gasteiger partial charge in [-0.25, -0.2) is 4.39 Å². The smallest absolute Gasteiger partial charge is 0.258 e. The number of carbonyl (C=O) groups excluding carboxylic acids is 1. The Labute approximate surface area is 190 Å². The van der Waals surface area contributed by atoms with Crippen molar-refractivity contribution in [2.24, 2.45) is 0 Å². The van der Waals surface area contributed by atoms with Crippen molar-refractivity contribution in [3.05, 3.63) is 64.2 Å². The molecule has 1 heterocycles. The summed E-state index contributed by atoms with van der Waals surface area (Å²) in [5.41, 5.74) is 5.74. The van der Waals surface area contributed by atoms with E-state index >= 15 is 0 Å². The van der Waals surface area contributed by atoms with E-state index in [2.05, 4.69) is 25.2 Å². The van der Waals surface area contributed by atoms with Gasteiger partial charge in [0.15, 0.2) is 0 Å². The molecule has 0 spiro atoms. The van der Waals surface area contributed by atoms with Gasteiger partial charge in [0.2, 0.25) is 0 Å². The third-order valence-electron chi connectivity index (χ3n) is 6.79. The zero-order valence-electron chi connectivity index (χ0n) is 19.3. The van der Waals surface area contributed by atoms with Gasteiger partial charge in [-0.15, -0.1) is 0 Å². The minimum Gasteiger partial charge on any atom is -0.309 e. The van der Waals surface area contributed by atoms with Crippen LogP contribution in [0.2, 0.25) is 0 Å². The third kappa shape index (κ3) is 4.78. The van der Waals surface area contributed by atoms with Crippen LogP contribution in [-0.2, 0) is 25.9 Å². The molecule has 2 aliphatic rings. The van der Waals surface area contributed by atoms with E-state index in [4.69, 9.17) is 5.41 Å². The first kappa shape index (κ1) is 22.7. The maximum Gasteiger partial charge on any atom is 0.258 e. The van der Waals surface area contributed by atoms with Crippen LogP contribution in [0.25, 0.3) is 0 Å². The maximum atomic E-state index is 14.3. The van der Waals surface area contributed by atoms with Crippen LogP contribution in [0.5, 0.6) is 0 Å². The zero-order valence-corrected chi connectivity index (χ0v) is 19.3. The van der Waals surface area contributed by atoms with Crippen molar-refractivity contribution in [1.29, 1.82) is 5.41 Å². The minimum absolute atomic E-state index is 0.0262. The molecule has 0 atom stereocenters. The van der Waals surface area contributed by atoms with Crippen LogP contribution in [0.4, 0.5) is 10.1 Å². The topological polar surface area (TPSA) is 56.2 Å². The monoisotopic (exact) mass is 435 g/mol. The van der Waals surface area contributed by atoms with Crippen LogP contribution < -0.4 is 10.2 Å². The molecule has 1 aliphatic heterocycles. The summed E-state index contributed by atoms with van der Waals surface area (Å²) in [5.74, 6) is 0.0262. The highest BCUT2D eigenvalue weighted by atomic mass is 19.1. The summed E-state index contributed by atoms with van der Waals surface area (Å²) in [6, 6.07) is 12.2. The summed E-state index contributed by atoms with van der Waals surface area (Å²) in [7, 11) is 0. The van der Waals surface area contributed by atoms with Gasteiger partial charge in [-0.2, -0.15) is 0 Å². The molecule has 0 radical (unpaired) electrons. The lowest BCUT2D eigenvalue weighted by Gasteiger charge is -2.34. The molecule has 4 rings (SSSR count). The van der Waals surface area contributed by atoms with Crippen molar-refractivity contribution in [1.82, 2.24) is 5.32 Å². The van der Waals surface area contributed by atoms with Crippen molar-refractivity contribution in [3.63, 3.8) is 0 Å². The number of benzene rings is 2. The number of halogens is 1. The average molecular weight is 436 g/mol. The van der Waals surface area contributed by atoms with Crippen molar-refractivity contribution in [2.75, 3.05) is 11.4 Å². The Hall–Kier alpha value is -2.53. The van der Waals surface area contributed by atoms with E-state index in [9.17, 15) is 9.18 Å². The fourth-order valence-electron chi connectivity index (χ4n) is 4.82. The van der Waals surface area contributed by atoms with Gasteiger partial charge in [0.1, 0.15) is 5.67 Å². The molecule has 170 valence electrons. The molecular formula is C27H34FN3O. The molecule has 1 fully saturated rings. The third-order valence-corrected chi connectivity index (χ3v) is 6.79. The van der Waals surface area contributed by atoms with E-state index in [1.165, 1.54) is 5.56 Å². The Bertz CT molecular complexity index is 1010. The molecule has 2 N–H and O–H groups in total. The summed E-state index contributed by atoms with van der Waals surface area (Å²) >= 11 is 0. The standard InChI is InChI=1S/C27H34FN3O/c1-3-7-22(29)13-19-8-5-9-23(14-19)31-17-25-21(4-2)12-20(15-24(25)26(31)32)16-30-18-27(28)10-6-11-27/h5,8-9,12,14-15,29-30H,3-4,6-7,10-11,13,16-18H2,1-2H3. The van der Waals surface area contributed by atoms with Crippen LogP contribution >= 0.6 is 0 Å². The predicted octanol–water partition coefficient (Wildman–Crippen LogP) is 5.75. The number of nitrogens with one attached hydrogen (secondary N) is 2. The second kappa shape index (κ2) is 9.53. The largest absolute Gasteiger partial charge is 0.309 e. The van der Waals surface area contributed by atoms with Gasteiger partial charge in [-0.3, -0.25) is 4.79 Å². The van der Waals surface area contributed by atoms with Gasteiger partial charge in [0.25, 0.3) is 5.91 Å². The number of carbonyl (C=O) groups is 1. The lowest BCUT2D eigenvalue weighted by atomic mass is 9.82. The number of fused-ring (bicyclic) bond motifs is 1. The number of alkyl halides is 1. The minimum atomic E-state index is -1.05. The Morgan fingerprint density at radius 1 is 1.19 bits per heavy atom. The molecule has 1 saturated carbocycles. The molecule has 2 aromatic rings. The SMILES string of the molecule is CCCC(=N)Cc1cccc(N2Cc3c(CC)cc(CNCC4(F)CCC4)cc3C2=O)c1. The fraction of sp³-hybridized carbons (Fsp3) is 0.481. The molecular weight excluding hydrogens is 401 g/mol. The Balaban J connectivity index is 1.50. The molecule has 0 aromatic heterocycles. The Kier molecular flexibility index (Phi) is 6.75. The van der Waals surface area contributed by atoms with Crippen LogP contribution in [0.1, 0.15) is 78.6 Å². The van der Waals surface area contributed by atoms with Gasteiger partial charge in [-0.05, 0) is 72.6 Å². The molecule has 4 nitrogen and oxygen atoms in total.